The normalized spacial score (nSPS) is 16.0. The molecule has 4 nitrogen and oxygen atoms in total. The van der Waals surface area contributed by atoms with E-state index in [9.17, 15) is 22.4 Å². The van der Waals surface area contributed by atoms with E-state index in [2.05, 4.69) is 0 Å². The van der Waals surface area contributed by atoms with Crippen molar-refractivity contribution in [3.8, 4) is 5.75 Å². The first-order valence-corrected chi connectivity index (χ1v) is 9.25. The molecular formula is C21H22F4N2O2. The van der Waals surface area contributed by atoms with Crippen molar-refractivity contribution in [2.24, 2.45) is 0 Å². The molecule has 0 N–H and O–H groups in total. The fourth-order valence-corrected chi connectivity index (χ4v) is 3.33. The Morgan fingerprint density at radius 2 is 1.83 bits per heavy atom. The molecule has 1 fully saturated rings. The first-order valence-electron chi connectivity index (χ1n) is 9.25. The van der Waals surface area contributed by atoms with Gasteiger partial charge in [-0.05, 0) is 23.8 Å². The highest BCUT2D eigenvalue weighted by molar-refractivity contribution is 5.76. The van der Waals surface area contributed by atoms with Gasteiger partial charge >= 0.3 is 6.18 Å². The highest BCUT2D eigenvalue weighted by atomic mass is 19.4. The minimum absolute atomic E-state index is 0.119. The topological polar surface area (TPSA) is 32.8 Å². The van der Waals surface area contributed by atoms with Gasteiger partial charge in [-0.25, -0.2) is 4.39 Å². The number of carbonyl (C=O) groups is 1. The SMILES string of the molecule is COc1ccc(CN2CCC(=O)N(Cc3cccc(C(F)(F)F)c3)CC2)c(F)c1. The third-order valence-electron chi connectivity index (χ3n) is 4.96. The molecule has 0 saturated carbocycles. The average Bonchev–Trinajstić information content (AvgIpc) is 2.85. The van der Waals surface area contributed by atoms with Crippen molar-refractivity contribution in [1.29, 1.82) is 0 Å². The summed E-state index contributed by atoms with van der Waals surface area (Å²) in [7, 11) is 1.47. The van der Waals surface area contributed by atoms with Crippen molar-refractivity contribution >= 4 is 5.91 Å². The summed E-state index contributed by atoms with van der Waals surface area (Å²) in [6, 6.07) is 9.67. The van der Waals surface area contributed by atoms with E-state index >= 15 is 0 Å². The first-order chi connectivity index (χ1) is 13.8. The second kappa shape index (κ2) is 8.82. The summed E-state index contributed by atoms with van der Waals surface area (Å²) >= 11 is 0. The Morgan fingerprint density at radius 3 is 2.52 bits per heavy atom. The van der Waals surface area contributed by atoms with Crippen LogP contribution in [0, 0.1) is 5.82 Å². The second-order valence-electron chi connectivity index (χ2n) is 7.00. The number of hydrogen-bond donors (Lipinski definition) is 0. The van der Waals surface area contributed by atoms with Gasteiger partial charge in [-0.3, -0.25) is 9.69 Å². The molecule has 0 aromatic heterocycles. The number of halogens is 4. The molecule has 0 unspecified atom stereocenters. The van der Waals surface area contributed by atoms with Crippen molar-refractivity contribution in [2.45, 2.75) is 25.7 Å². The van der Waals surface area contributed by atoms with E-state index in [0.29, 0.717) is 43.1 Å². The van der Waals surface area contributed by atoms with E-state index < -0.39 is 11.7 Å². The highest BCUT2D eigenvalue weighted by Crippen LogP contribution is 2.30. The fraction of sp³-hybridized carbons (Fsp3) is 0.381. The van der Waals surface area contributed by atoms with Gasteiger partial charge in [-0.15, -0.1) is 0 Å². The van der Waals surface area contributed by atoms with Crippen LogP contribution in [0.3, 0.4) is 0 Å². The van der Waals surface area contributed by atoms with Gasteiger partial charge in [0.1, 0.15) is 11.6 Å². The Bertz CT molecular complexity index is 870. The molecule has 1 aliphatic heterocycles. The molecule has 0 spiro atoms. The summed E-state index contributed by atoms with van der Waals surface area (Å²) in [4.78, 5) is 16.0. The summed E-state index contributed by atoms with van der Waals surface area (Å²) in [6.45, 7) is 1.81. The van der Waals surface area contributed by atoms with Crippen LogP contribution in [0.4, 0.5) is 17.6 Å². The molecule has 3 rings (SSSR count). The Morgan fingerprint density at radius 1 is 1.03 bits per heavy atom. The lowest BCUT2D eigenvalue weighted by molar-refractivity contribution is -0.137. The molecule has 0 radical (unpaired) electrons. The van der Waals surface area contributed by atoms with Crippen LogP contribution in [0.25, 0.3) is 0 Å². The predicted octanol–water partition coefficient (Wildman–Crippen LogP) is 4.09. The maximum atomic E-state index is 14.2. The minimum atomic E-state index is -4.42. The molecular weight excluding hydrogens is 388 g/mol. The lowest BCUT2D eigenvalue weighted by Crippen LogP contribution is -2.32. The zero-order chi connectivity index (χ0) is 21.0. The van der Waals surface area contributed by atoms with E-state index in [1.165, 1.54) is 19.2 Å². The summed E-state index contributed by atoms with van der Waals surface area (Å²) in [6.07, 6.45) is -4.19. The third-order valence-corrected chi connectivity index (χ3v) is 4.96. The number of methoxy groups -OCH3 is 1. The van der Waals surface area contributed by atoms with Crippen LogP contribution >= 0.6 is 0 Å². The van der Waals surface area contributed by atoms with Crippen molar-refractivity contribution < 1.29 is 27.1 Å². The summed E-state index contributed by atoms with van der Waals surface area (Å²) < 4.78 is 57.9. The molecule has 0 atom stereocenters. The fourth-order valence-electron chi connectivity index (χ4n) is 3.33. The van der Waals surface area contributed by atoms with Crippen molar-refractivity contribution in [2.75, 3.05) is 26.7 Å². The number of rotatable bonds is 5. The number of ether oxygens (including phenoxy) is 1. The summed E-state index contributed by atoms with van der Waals surface area (Å²) in [5.74, 6) is -0.0644. The van der Waals surface area contributed by atoms with Crippen molar-refractivity contribution in [3.63, 3.8) is 0 Å². The second-order valence-corrected chi connectivity index (χ2v) is 7.00. The Hall–Kier alpha value is -2.61. The molecule has 8 heteroatoms. The van der Waals surface area contributed by atoms with Gasteiger partial charge in [-0.1, -0.05) is 18.2 Å². The van der Waals surface area contributed by atoms with E-state index in [0.717, 1.165) is 12.1 Å². The molecule has 156 valence electrons. The summed E-state index contributed by atoms with van der Waals surface area (Å²) in [5.41, 5.74) is 0.210. The molecule has 1 heterocycles. The molecule has 2 aromatic rings. The third kappa shape index (κ3) is 5.47. The van der Waals surface area contributed by atoms with E-state index in [1.54, 1.807) is 23.1 Å². The smallest absolute Gasteiger partial charge is 0.416 e. The lowest BCUT2D eigenvalue weighted by atomic mass is 10.1. The van der Waals surface area contributed by atoms with Gasteiger partial charge in [0.2, 0.25) is 5.91 Å². The number of amides is 1. The van der Waals surface area contributed by atoms with E-state index in [-0.39, 0.29) is 24.7 Å². The van der Waals surface area contributed by atoms with Gasteiger partial charge in [0.05, 0.1) is 12.7 Å². The molecule has 1 saturated heterocycles. The molecule has 0 bridgehead atoms. The van der Waals surface area contributed by atoms with Gasteiger partial charge in [0.25, 0.3) is 0 Å². The van der Waals surface area contributed by atoms with E-state index in [4.69, 9.17) is 4.74 Å². The van der Waals surface area contributed by atoms with Crippen LogP contribution in [-0.4, -0.2) is 42.5 Å². The van der Waals surface area contributed by atoms with Crippen LogP contribution in [0.2, 0.25) is 0 Å². The van der Waals surface area contributed by atoms with Crippen LogP contribution in [0.1, 0.15) is 23.1 Å². The van der Waals surface area contributed by atoms with Gasteiger partial charge in [0.15, 0.2) is 0 Å². The van der Waals surface area contributed by atoms with Gasteiger partial charge in [0, 0.05) is 50.8 Å². The first kappa shape index (κ1) is 21.1. The number of carbonyl (C=O) groups excluding carboxylic acids is 1. The number of nitrogens with zero attached hydrogens (tertiary/aromatic N) is 2. The van der Waals surface area contributed by atoms with Crippen LogP contribution in [0.5, 0.6) is 5.75 Å². The average molecular weight is 410 g/mol. The van der Waals surface area contributed by atoms with Crippen LogP contribution < -0.4 is 4.74 Å². The molecule has 2 aromatic carbocycles. The van der Waals surface area contributed by atoms with Gasteiger partial charge in [-0.2, -0.15) is 13.2 Å². The monoisotopic (exact) mass is 410 g/mol. The maximum Gasteiger partial charge on any atom is 0.416 e. The quantitative estimate of drug-likeness (QED) is 0.697. The molecule has 1 aliphatic rings. The van der Waals surface area contributed by atoms with Crippen LogP contribution in [-0.2, 0) is 24.1 Å². The Balaban J connectivity index is 1.64. The van der Waals surface area contributed by atoms with Crippen LogP contribution in [0.15, 0.2) is 42.5 Å². The lowest BCUT2D eigenvalue weighted by Gasteiger charge is -2.23. The number of alkyl halides is 3. The zero-order valence-electron chi connectivity index (χ0n) is 16.0. The number of benzene rings is 2. The zero-order valence-corrected chi connectivity index (χ0v) is 16.0. The van der Waals surface area contributed by atoms with E-state index in [1.807, 2.05) is 4.90 Å². The Kier molecular flexibility index (Phi) is 6.42. The standard InChI is InChI=1S/C21H22F4N2O2/c1-29-18-6-5-16(19(22)12-18)14-26-8-7-20(28)27(10-9-26)13-15-3-2-4-17(11-15)21(23,24)25/h2-6,11-12H,7-10,13-14H2,1H3. The summed E-state index contributed by atoms with van der Waals surface area (Å²) in [5, 5.41) is 0. The highest BCUT2D eigenvalue weighted by Gasteiger charge is 2.30. The number of hydrogen-bond acceptors (Lipinski definition) is 3. The molecule has 1 amide bonds. The van der Waals surface area contributed by atoms with Crippen molar-refractivity contribution in [1.82, 2.24) is 9.80 Å². The maximum absolute atomic E-state index is 14.2. The van der Waals surface area contributed by atoms with Crippen molar-refractivity contribution in [3.05, 3.63) is 65.0 Å². The molecule has 0 aliphatic carbocycles. The Labute approximate surface area is 166 Å². The minimum Gasteiger partial charge on any atom is -0.497 e. The predicted molar refractivity (Wildman–Crippen MR) is 99.7 cm³/mol. The molecule has 29 heavy (non-hydrogen) atoms. The van der Waals surface area contributed by atoms with Gasteiger partial charge < -0.3 is 9.64 Å². The largest absolute Gasteiger partial charge is 0.497 e.